The van der Waals surface area contributed by atoms with Gasteiger partial charge in [-0.05, 0) is 25.1 Å². The molecular weight excluding hydrogens is 204 g/mol. The van der Waals surface area contributed by atoms with Crippen LogP contribution in [0.15, 0.2) is 23.4 Å². The van der Waals surface area contributed by atoms with Crippen LogP contribution in [0.25, 0.3) is 0 Å². The topological polar surface area (TPSA) is 24.9 Å². The number of nitrogens with one attached hydrogen (secondary N) is 1. The molecule has 0 aromatic carbocycles. The molecule has 4 heteroatoms. The summed E-state index contributed by atoms with van der Waals surface area (Å²) in [5, 5.41) is 5.77. The van der Waals surface area contributed by atoms with Crippen molar-refractivity contribution in [2.75, 3.05) is 13.1 Å². The molecule has 1 atom stereocenters. The highest BCUT2D eigenvalue weighted by Crippen LogP contribution is 2.25. The van der Waals surface area contributed by atoms with Gasteiger partial charge in [0.25, 0.3) is 0 Å². The largest absolute Gasteiger partial charge is 0.316 e. The van der Waals surface area contributed by atoms with Crippen molar-refractivity contribution in [1.82, 2.24) is 10.3 Å². The number of nitrogens with zero attached hydrogens (tertiary/aromatic N) is 1. The highest BCUT2D eigenvalue weighted by Gasteiger charge is 2.15. The molecule has 1 aliphatic heterocycles. The van der Waals surface area contributed by atoms with E-state index < -0.39 is 0 Å². The van der Waals surface area contributed by atoms with Crippen LogP contribution in [0.3, 0.4) is 0 Å². The highest BCUT2D eigenvalue weighted by atomic mass is 35.5. The summed E-state index contributed by atoms with van der Waals surface area (Å²) in [5.41, 5.74) is 0. The number of halogens is 1. The summed E-state index contributed by atoms with van der Waals surface area (Å²) in [5.74, 6) is 0. The summed E-state index contributed by atoms with van der Waals surface area (Å²) in [4.78, 5) is 4.24. The predicted molar refractivity (Wildman–Crippen MR) is 56.4 cm³/mol. The molecule has 0 bridgehead atoms. The SMILES string of the molecule is Clc1ccc(S[C@H]2CCNC2)nc1. The third kappa shape index (κ3) is 2.59. The molecule has 1 aliphatic rings. The molecule has 0 radical (unpaired) electrons. The van der Waals surface area contributed by atoms with Crippen molar-refractivity contribution in [1.29, 1.82) is 0 Å². The molecule has 0 unspecified atom stereocenters. The molecule has 13 heavy (non-hydrogen) atoms. The number of aromatic nitrogens is 1. The van der Waals surface area contributed by atoms with Crippen molar-refractivity contribution >= 4 is 23.4 Å². The molecule has 1 N–H and O–H groups in total. The van der Waals surface area contributed by atoms with Gasteiger partial charge in [-0.15, -0.1) is 11.8 Å². The Morgan fingerprint density at radius 2 is 2.46 bits per heavy atom. The number of hydrogen-bond acceptors (Lipinski definition) is 3. The van der Waals surface area contributed by atoms with Crippen molar-refractivity contribution < 1.29 is 0 Å². The minimum atomic E-state index is 0.675. The molecule has 2 heterocycles. The monoisotopic (exact) mass is 214 g/mol. The van der Waals surface area contributed by atoms with Crippen LogP contribution in [-0.4, -0.2) is 23.3 Å². The first-order valence-corrected chi connectivity index (χ1v) is 5.59. The fourth-order valence-electron chi connectivity index (χ4n) is 1.33. The maximum atomic E-state index is 5.74. The Morgan fingerprint density at radius 1 is 1.54 bits per heavy atom. The summed E-state index contributed by atoms with van der Waals surface area (Å²) < 4.78 is 0. The number of thioether (sulfide) groups is 1. The standard InChI is InChI=1S/C9H11ClN2S/c10-7-1-2-9(12-5-7)13-8-3-4-11-6-8/h1-2,5,8,11H,3-4,6H2/t8-/m0/s1. The smallest absolute Gasteiger partial charge is 0.0964 e. The van der Waals surface area contributed by atoms with E-state index in [1.807, 2.05) is 23.9 Å². The lowest BCUT2D eigenvalue weighted by Gasteiger charge is -2.06. The Bertz CT molecular complexity index is 269. The van der Waals surface area contributed by atoms with Gasteiger partial charge in [-0.3, -0.25) is 0 Å². The maximum absolute atomic E-state index is 5.74. The molecule has 0 spiro atoms. The molecule has 1 aromatic heterocycles. The van der Waals surface area contributed by atoms with Gasteiger partial charge < -0.3 is 5.32 Å². The summed E-state index contributed by atoms with van der Waals surface area (Å²) in [6, 6.07) is 3.87. The number of hydrogen-bond donors (Lipinski definition) is 1. The predicted octanol–water partition coefficient (Wildman–Crippen LogP) is 2.19. The zero-order valence-corrected chi connectivity index (χ0v) is 8.74. The molecule has 1 aromatic rings. The number of pyridine rings is 1. The molecule has 2 rings (SSSR count). The van der Waals surface area contributed by atoms with Crippen molar-refractivity contribution in [2.45, 2.75) is 16.7 Å². The van der Waals surface area contributed by atoms with Crippen LogP contribution in [0, 0.1) is 0 Å². The van der Waals surface area contributed by atoms with Crippen molar-refractivity contribution in [3.8, 4) is 0 Å². The van der Waals surface area contributed by atoms with E-state index in [-0.39, 0.29) is 0 Å². The van der Waals surface area contributed by atoms with Crippen molar-refractivity contribution in [3.63, 3.8) is 0 Å². The second-order valence-electron chi connectivity index (χ2n) is 3.05. The average molecular weight is 215 g/mol. The van der Waals surface area contributed by atoms with Gasteiger partial charge >= 0.3 is 0 Å². The summed E-state index contributed by atoms with van der Waals surface area (Å²) in [6.07, 6.45) is 2.93. The zero-order chi connectivity index (χ0) is 9.10. The van der Waals surface area contributed by atoms with Crippen LogP contribution < -0.4 is 5.32 Å². The molecule has 1 saturated heterocycles. The van der Waals surface area contributed by atoms with Gasteiger partial charge in [0.15, 0.2) is 0 Å². The van der Waals surface area contributed by atoms with Gasteiger partial charge in [-0.2, -0.15) is 0 Å². The Kier molecular flexibility index (Phi) is 3.09. The van der Waals surface area contributed by atoms with Crippen LogP contribution >= 0.6 is 23.4 Å². The molecular formula is C9H11ClN2S. The Balaban J connectivity index is 1.97. The van der Waals surface area contributed by atoms with E-state index >= 15 is 0 Å². The maximum Gasteiger partial charge on any atom is 0.0964 e. The second kappa shape index (κ2) is 4.31. The highest BCUT2D eigenvalue weighted by molar-refractivity contribution is 7.99. The van der Waals surface area contributed by atoms with E-state index in [4.69, 9.17) is 11.6 Å². The van der Waals surface area contributed by atoms with E-state index in [0.717, 1.165) is 18.1 Å². The second-order valence-corrected chi connectivity index (χ2v) is 4.80. The normalized spacial score (nSPS) is 22.1. The van der Waals surface area contributed by atoms with Crippen LogP contribution in [0.4, 0.5) is 0 Å². The first-order chi connectivity index (χ1) is 6.34. The molecule has 0 amide bonds. The zero-order valence-electron chi connectivity index (χ0n) is 7.16. The summed E-state index contributed by atoms with van der Waals surface area (Å²) in [7, 11) is 0. The first kappa shape index (κ1) is 9.31. The Hall–Kier alpha value is -0.250. The molecule has 2 nitrogen and oxygen atoms in total. The Labute approximate surface area is 87.1 Å². The fourth-order valence-corrected chi connectivity index (χ4v) is 2.48. The minimum Gasteiger partial charge on any atom is -0.316 e. The summed E-state index contributed by atoms with van der Waals surface area (Å²) in [6.45, 7) is 2.22. The van der Waals surface area contributed by atoms with Crippen LogP contribution in [0.1, 0.15) is 6.42 Å². The lowest BCUT2D eigenvalue weighted by molar-refractivity contribution is 0.858. The van der Waals surface area contributed by atoms with E-state index in [2.05, 4.69) is 10.3 Å². The number of rotatable bonds is 2. The van der Waals surface area contributed by atoms with E-state index in [1.54, 1.807) is 6.20 Å². The van der Waals surface area contributed by atoms with E-state index in [9.17, 15) is 0 Å². The molecule has 70 valence electrons. The third-order valence-electron chi connectivity index (χ3n) is 2.00. The molecule has 0 saturated carbocycles. The van der Waals surface area contributed by atoms with Gasteiger partial charge in [0.1, 0.15) is 0 Å². The van der Waals surface area contributed by atoms with Gasteiger partial charge in [0.05, 0.1) is 10.0 Å². The molecule has 0 aliphatic carbocycles. The van der Waals surface area contributed by atoms with Crippen LogP contribution in [-0.2, 0) is 0 Å². The van der Waals surface area contributed by atoms with E-state index in [1.165, 1.54) is 6.42 Å². The van der Waals surface area contributed by atoms with Gasteiger partial charge in [0.2, 0.25) is 0 Å². The lowest BCUT2D eigenvalue weighted by atomic mass is 10.4. The van der Waals surface area contributed by atoms with Crippen molar-refractivity contribution in [2.24, 2.45) is 0 Å². The van der Waals surface area contributed by atoms with Gasteiger partial charge in [-0.1, -0.05) is 11.6 Å². The van der Waals surface area contributed by atoms with Crippen molar-refractivity contribution in [3.05, 3.63) is 23.4 Å². The van der Waals surface area contributed by atoms with Crippen LogP contribution in [0.2, 0.25) is 5.02 Å². The summed E-state index contributed by atoms with van der Waals surface area (Å²) >= 11 is 7.57. The molecule has 1 fully saturated rings. The Morgan fingerprint density at radius 3 is 3.08 bits per heavy atom. The lowest BCUT2D eigenvalue weighted by Crippen LogP contribution is -2.10. The van der Waals surface area contributed by atoms with Gasteiger partial charge in [-0.25, -0.2) is 4.98 Å². The fraction of sp³-hybridized carbons (Fsp3) is 0.444. The van der Waals surface area contributed by atoms with Gasteiger partial charge in [0, 0.05) is 18.0 Å². The van der Waals surface area contributed by atoms with E-state index in [0.29, 0.717) is 10.3 Å². The third-order valence-corrected chi connectivity index (χ3v) is 3.45. The minimum absolute atomic E-state index is 0.675. The average Bonchev–Trinajstić information content (AvgIpc) is 2.62. The quantitative estimate of drug-likeness (QED) is 0.817. The first-order valence-electron chi connectivity index (χ1n) is 4.33. The van der Waals surface area contributed by atoms with Crippen LogP contribution in [0.5, 0.6) is 0 Å².